The van der Waals surface area contributed by atoms with E-state index in [1.54, 1.807) is 32.9 Å². The Bertz CT molecular complexity index is 409. The minimum Gasteiger partial charge on any atom is -0.481 e. The highest BCUT2D eigenvalue weighted by Crippen LogP contribution is 2.17. The number of amides is 2. The van der Waals surface area contributed by atoms with Gasteiger partial charge in [0, 0.05) is 11.5 Å². The quantitative estimate of drug-likeness (QED) is 0.639. The monoisotopic (exact) mass is 268 g/mol. The van der Waals surface area contributed by atoms with E-state index in [9.17, 15) is 14.4 Å². The lowest BCUT2D eigenvalue weighted by molar-refractivity contribution is -0.140. The molecular weight excluding hydrogens is 248 g/mol. The van der Waals surface area contributed by atoms with Crippen LogP contribution in [0.15, 0.2) is 12.2 Å². The minimum absolute atomic E-state index is 0.0990. The summed E-state index contributed by atoms with van der Waals surface area (Å²) >= 11 is 0. The van der Waals surface area contributed by atoms with E-state index in [2.05, 4.69) is 10.6 Å². The molecule has 0 aromatic carbocycles. The molecule has 0 heterocycles. The molecule has 0 saturated carbocycles. The Kier molecular flexibility index (Phi) is 4.69. The first-order valence-corrected chi connectivity index (χ1v) is 6.19. The number of carbonyl (C=O) groups is 3. The molecule has 1 aliphatic carbocycles. The van der Waals surface area contributed by atoms with Gasteiger partial charge in [-0.1, -0.05) is 32.9 Å². The van der Waals surface area contributed by atoms with E-state index in [1.807, 2.05) is 0 Å². The number of carbonyl (C=O) groups excluding carboxylic acids is 2. The summed E-state index contributed by atoms with van der Waals surface area (Å²) in [5.74, 6) is -1.96. The number of hydrogen-bond acceptors (Lipinski definition) is 3. The normalized spacial score (nSPS) is 22.1. The van der Waals surface area contributed by atoms with Crippen molar-refractivity contribution in [2.75, 3.05) is 6.54 Å². The molecule has 0 aliphatic heterocycles. The largest absolute Gasteiger partial charge is 0.481 e. The average molecular weight is 268 g/mol. The Morgan fingerprint density at radius 2 is 1.89 bits per heavy atom. The Balaban J connectivity index is 2.32. The fourth-order valence-electron chi connectivity index (χ4n) is 1.67. The van der Waals surface area contributed by atoms with Gasteiger partial charge in [0.05, 0.1) is 12.5 Å². The Morgan fingerprint density at radius 3 is 2.37 bits per heavy atom. The first-order chi connectivity index (χ1) is 8.70. The molecule has 6 nitrogen and oxygen atoms in total. The summed E-state index contributed by atoms with van der Waals surface area (Å²) in [6, 6.07) is -0.278. The number of nitrogens with one attached hydrogen (secondary N) is 2. The van der Waals surface area contributed by atoms with Crippen LogP contribution >= 0.6 is 0 Å². The predicted octanol–water partition coefficient (Wildman–Crippen LogP) is 0.294. The fourth-order valence-corrected chi connectivity index (χ4v) is 1.67. The van der Waals surface area contributed by atoms with Gasteiger partial charge in [-0.05, 0) is 6.42 Å². The van der Waals surface area contributed by atoms with Gasteiger partial charge in [0.25, 0.3) is 0 Å². The van der Waals surface area contributed by atoms with Crippen molar-refractivity contribution in [1.82, 2.24) is 10.6 Å². The summed E-state index contributed by atoms with van der Waals surface area (Å²) in [6.45, 7) is 5.18. The predicted molar refractivity (Wildman–Crippen MR) is 69.3 cm³/mol. The smallest absolute Gasteiger partial charge is 0.310 e. The molecule has 2 atom stereocenters. The molecule has 1 rings (SSSR count). The summed E-state index contributed by atoms with van der Waals surface area (Å²) in [7, 11) is 0. The van der Waals surface area contributed by atoms with Crippen LogP contribution in [0.3, 0.4) is 0 Å². The number of carboxylic acid groups (broad SMARTS) is 1. The van der Waals surface area contributed by atoms with Gasteiger partial charge in [0.1, 0.15) is 0 Å². The zero-order chi connectivity index (χ0) is 14.6. The second-order valence-corrected chi connectivity index (χ2v) is 5.67. The third kappa shape index (κ3) is 4.73. The van der Waals surface area contributed by atoms with Crippen LogP contribution in [-0.2, 0) is 14.4 Å². The third-order valence-electron chi connectivity index (χ3n) is 2.84. The van der Waals surface area contributed by atoms with Crippen molar-refractivity contribution in [3.05, 3.63) is 12.2 Å². The van der Waals surface area contributed by atoms with Crippen LogP contribution in [0.1, 0.15) is 27.2 Å². The van der Waals surface area contributed by atoms with Gasteiger partial charge in [-0.3, -0.25) is 14.4 Å². The van der Waals surface area contributed by atoms with Gasteiger partial charge in [-0.25, -0.2) is 0 Å². The minimum atomic E-state index is -0.894. The van der Waals surface area contributed by atoms with Gasteiger partial charge in [-0.15, -0.1) is 0 Å². The third-order valence-corrected chi connectivity index (χ3v) is 2.84. The second kappa shape index (κ2) is 5.86. The molecular formula is C13H20N2O4. The van der Waals surface area contributed by atoms with Crippen molar-refractivity contribution in [2.45, 2.75) is 33.2 Å². The van der Waals surface area contributed by atoms with E-state index in [0.717, 1.165) is 0 Å². The van der Waals surface area contributed by atoms with Crippen molar-refractivity contribution in [3.63, 3.8) is 0 Å². The molecule has 0 aromatic heterocycles. The van der Waals surface area contributed by atoms with Crippen LogP contribution in [-0.4, -0.2) is 35.5 Å². The van der Waals surface area contributed by atoms with Crippen molar-refractivity contribution in [2.24, 2.45) is 11.3 Å². The lowest BCUT2D eigenvalue weighted by Crippen LogP contribution is -2.44. The summed E-state index contributed by atoms with van der Waals surface area (Å²) in [4.78, 5) is 33.9. The lowest BCUT2D eigenvalue weighted by atomic mass is 9.96. The Labute approximate surface area is 112 Å². The van der Waals surface area contributed by atoms with E-state index >= 15 is 0 Å². The summed E-state index contributed by atoms with van der Waals surface area (Å²) in [5.41, 5.74) is -0.540. The van der Waals surface area contributed by atoms with Gasteiger partial charge < -0.3 is 15.7 Å². The van der Waals surface area contributed by atoms with Crippen molar-refractivity contribution in [1.29, 1.82) is 0 Å². The summed E-state index contributed by atoms with van der Waals surface area (Å²) < 4.78 is 0. The van der Waals surface area contributed by atoms with Crippen molar-refractivity contribution < 1.29 is 19.5 Å². The molecule has 0 saturated heterocycles. The molecule has 6 heteroatoms. The number of hydrogen-bond donors (Lipinski definition) is 3. The van der Waals surface area contributed by atoms with Crippen molar-refractivity contribution >= 4 is 17.8 Å². The number of aliphatic carboxylic acids is 1. The SMILES string of the molecule is CC(C)(C)C(=O)NCC(=O)NC1C=CC(C(=O)O)C1. The molecule has 0 bridgehead atoms. The summed E-state index contributed by atoms with van der Waals surface area (Å²) in [5, 5.41) is 14.0. The van der Waals surface area contributed by atoms with Crippen molar-refractivity contribution in [3.8, 4) is 0 Å². The molecule has 0 spiro atoms. The fraction of sp³-hybridized carbons (Fsp3) is 0.615. The second-order valence-electron chi connectivity index (χ2n) is 5.67. The van der Waals surface area contributed by atoms with Gasteiger partial charge >= 0.3 is 5.97 Å². The average Bonchev–Trinajstić information content (AvgIpc) is 2.73. The van der Waals surface area contributed by atoms with Crippen LogP contribution in [0, 0.1) is 11.3 Å². The standard InChI is InChI=1S/C13H20N2O4/c1-13(2,3)12(19)14-7-10(16)15-9-5-4-8(6-9)11(17)18/h4-5,8-9H,6-7H2,1-3H3,(H,14,19)(H,15,16)(H,17,18). The van der Waals surface area contributed by atoms with Gasteiger partial charge in [-0.2, -0.15) is 0 Å². The molecule has 0 fully saturated rings. The van der Waals surface area contributed by atoms with Crippen LogP contribution < -0.4 is 10.6 Å². The number of rotatable bonds is 4. The maximum absolute atomic E-state index is 11.6. The van der Waals surface area contributed by atoms with Crippen LogP contribution in [0.25, 0.3) is 0 Å². The van der Waals surface area contributed by atoms with Gasteiger partial charge in [0.2, 0.25) is 11.8 Å². The van der Waals surface area contributed by atoms with E-state index < -0.39 is 17.3 Å². The molecule has 0 aromatic rings. The van der Waals surface area contributed by atoms with Crippen LogP contribution in [0.4, 0.5) is 0 Å². The zero-order valence-corrected chi connectivity index (χ0v) is 11.4. The lowest BCUT2D eigenvalue weighted by Gasteiger charge is -2.18. The van der Waals surface area contributed by atoms with Gasteiger partial charge in [0.15, 0.2) is 0 Å². The molecule has 1 aliphatic rings. The summed E-state index contributed by atoms with van der Waals surface area (Å²) in [6.07, 6.45) is 3.59. The highest BCUT2D eigenvalue weighted by molar-refractivity contribution is 5.87. The van der Waals surface area contributed by atoms with Crippen LogP contribution in [0.5, 0.6) is 0 Å². The maximum Gasteiger partial charge on any atom is 0.310 e. The molecule has 2 amide bonds. The topological polar surface area (TPSA) is 95.5 Å². The number of carboxylic acids is 1. The molecule has 3 N–H and O–H groups in total. The highest BCUT2D eigenvalue weighted by Gasteiger charge is 2.26. The van der Waals surface area contributed by atoms with E-state index in [0.29, 0.717) is 6.42 Å². The maximum atomic E-state index is 11.6. The Hall–Kier alpha value is -1.85. The molecule has 106 valence electrons. The molecule has 19 heavy (non-hydrogen) atoms. The molecule has 0 radical (unpaired) electrons. The van der Waals surface area contributed by atoms with E-state index in [-0.39, 0.29) is 24.4 Å². The first kappa shape index (κ1) is 15.2. The first-order valence-electron chi connectivity index (χ1n) is 6.19. The highest BCUT2D eigenvalue weighted by atomic mass is 16.4. The molecule has 2 unspecified atom stereocenters. The zero-order valence-electron chi connectivity index (χ0n) is 11.4. The van der Waals surface area contributed by atoms with E-state index in [1.165, 1.54) is 0 Å². The van der Waals surface area contributed by atoms with Crippen LogP contribution in [0.2, 0.25) is 0 Å². The Morgan fingerprint density at radius 1 is 1.26 bits per heavy atom. The van der Waals surface area contributed by atoms with E-state index in [4.69, 9.17) is 5.11 Å².